The van der Waals surface area contributed by atoms with E-state index in [1.165, 1.54) is 6.07 Å². The van der Waals surface area contributed by atoms with Gasteiger partial charge < -0.3 is 10.1 Å². The maximum Gasteiger partial charge on any atom is 0.212 e. The Bertz CT molecular complexity index is 526. The number of benzene rings is 1. The van der Waals surface area contributed by atoms with Crippen molar-refractivity contribution >= 4 is 0 Å². The molecule has 0 unspecified atom stereocenters. The first-order chi connectivity index (χ1) is 8.74. The molecule has 4 heteroatoms. The molecule has 0 aliphatic heterocycles. The number of rotatable bonds is 4. The Morgan fingerprint density at radius 1 is 1.22 bits per heavy atom. The molecule has 2 rings (SSSR count). The second-order valence-electron chi connectivity index (χ2n) is 3.93. The van der Waals surface area contributed by atoms with Crippen LogP contribution in [0.5, 0.6) is 5.88 Å². The van der Waals surface area contributed by atoms with Crippen molar-refractivity contribution in [2.24, 2.45) is 0 Å². The quantitative estimate of drug-likeness (QED) is 0.900. The van der Waals surface area contributed by atoms with Crippen molar-refractivity contribution < 1.29 is 9.13 Å². The van der Waals surface area contributed by atoms with Gasteiger partial charge in [-0.2, -0.15) is 0 Å². The Hall–Kier alpha value is -1.94. The van der Waals surface area contributed by atoms with E-state index >= 15 is 0 Å². The van der Waals surface area contributed by atoms with Crippen molar-refractivity contribution in [2.75, 3.05) is 14.2 Å². The second-order valence-corrected chi connectivity index (χ2v) is 3.93. The van der Waals surface area contributed by atoms with Crippen molar-refractivity contribution in [3.63, 3.8) is 0 Å². The molecular formula is C14H15FN2O. The van der Waals surface area contributed by atoms with Gasteiger partial charge in [-0.1, -0.05) is 12.1 Å². The van der Waals surface area contributed by atoms with Crippen LogP contribution in [-0.4, -0.2) is 19.1 Å². The maximum absolute atomic E-state index is 13.8. The Morgan fingerprint density at radius 3 is 2.56 bits per heavy atom. The summed E-state index contributed by atoms with van der Waals surface area (Å²) in [7, 11) is 3.36. The Labute approximate surface area is 106 Å². The summed E-state index contributed by atoms with van der Waals surface area (Å²) >= 11 is 0. The fourth-order valence-corrected chi connectivity index (χ4v) is 1.73. The summed E-state index contributed by atoms with van der Waals surface area (Å²) in [5.41, 5.74) is 2.33. The van der Waals surface area contributed by atoms with Crippen LogP contribution in [0.3, 0.4) is 0 Å². The molecule has 2 aromatic rings. The molecule has 18 heavy (non-hydrogen) atoms. The number of hydrogen-bond acceptors (Lipinski definition) is 3. The Morgan fingerprint density at radius 2 is 2.00 bits per heavy atom. The molecule has 1 heterocycles. The van der Waals surface area contributed by atoms with Gasteiger partial charge in [-0.05, 0) is 24.7 Å². The van der Waals surface area contributed by atoms with Gasteiger partial charge in [0.05, 0.1) is 7.11 Å². The molecule has 0 amide bonds. The van der Waals surface area contributed by atoms with Crippen LogP contribution in [-0.2, 0) is 6.54 Å². The lowest BCUT2D eigenvalue weighted by Crippen LogP contribution is -2.06. The zero-order valence-corrected chi connectivity index (χ0v) is 10.4. The van der Waals surface area contributed by atoms with Crippen molar-refractivity contribution in [1.29, 1.82) is 0 Å². The molecule has 0 saturated heterocycles. The number of hydrogen-bond donors (Lipinski definition) is 1. The molecular weight excluding hydrogens is 231 g/mol. The smallest absolute Gasteiger partial charge is 0.212 e. The first kappa shape index (κ1) is 12.5. The first-order valence-corrected chi connectivity index (χ1v) is 5.68. The number of aromatic nitrogens is 1. The van der Waals surface area contributed by atoms with E-state index in [1.54, 1.807) is 32.5 Å². The topological polar surface area (TPSA) is 34.1 Å². The molecule has 1 N–H and O–H groups in total. The van der Waals surface area contributed by atoms with Gasteiger partial charge >= 0.3 is 0 Å². The standard InChI is InChI=1S/C14H15FN2O/c1-16-8-12-4-3-10(7-13(12)15)11-5-6-14(18-2)17-9-11/h3-7,9,16H,8H2,1-2H3. The minimum atomic E-state index is -0.210. The molecule has 3 nitrogen and oxygen atoms in total. The van der Waals surface area contributed by atoms with Crippen LogP contribution in [0.25, 0.3) is 11.1 Å². The summed E-state index contributed by atoms with van der Waals surface area (Å²) in [6.07, 6.45) is 1.67. The monoisotopic (exact) mass is 246 g/mol. The van der Waals surface area contributed by atoms with Gasteiger partial charge in [0, 0.05) is 29.9 Å². The van der Waals surface area contributed by atoms with Crippen molar-refractivity contribution in [3.05, 3.63) is 47.9 Å². The summed E-state index contributed by atoms with van der Waals surface area (Å²) in [5.74, 6) is 0.337. The van der Waals surface area contributed by atoms with Gasteiger partial charge in [-0.3, -0.25) is 0 Å². The minimum Gasteiger partial charge on any atom is -0.481 e. The average molecular weight is 246 g/mol. The molecule has 0 spiro atoms. The van der Waals surface area contributed by atoms with Gasteiger partial charge in [-0.15, -0.1) is 0 Å². The van der Waals surface area contributed by atoms with Crippen LogP contribution < -0.4 is 10.1 Å². The highest BCUT2D eigenvalue weighted by atomic mass is 19.1. The fraction of sp³-hybridized carbons (Fsp3) is 0.214. The Balaban J connectivity index is 2.30. The number of nitrogens with one attached hydrogen (secondary N) is 1. The Kier molecular flexibility index (Phi) is 3.89. The highest BCUT2D eigenvalue weighted by molar-refractivity contribution is 5.63. The van der Waals surface area contributed by atoms with Gasteiger partial charge in [0.2, 0.25) is 5.88 Å². The highest BCUT2D eigenvalue weighted by Crippen LogP contribution is 2.22. The molecule has 0 bridgehead atoms. The van der Waals surface area contributed by atoms with Crippen LogP contribution in [0, 0.1) is 5.82 Å². The zero-order valence-electron chi connectivity index (χ0n) is 10.4. The lowest BCUT2D eigenvalue weighted by molar-refractivity contribution is 0.398. The molecule has 0 fully saturated rings. The van der Waals surface area contributed by atoms with E-state index in [-0.39, 0.29) is 5.82 Å². The molecule has 0 radical (unpaired) electrons. The maximum atomic E-state index is 13.8. The molecule has 94 valence electrons. The molecule has 0 aliphatic carbocycles. The predicted molar refractivity (Wildman–Crippen MR) is 68.9 cm³/mol. The molecule has 1 aromatic carbocycles. The number of pyridine rings is 1. The normalized spacial score (nSPS) is 10.4. The van der Waals surface area contributed by atoms with E-state index in [0.29, 0.717) is 18.0 Å². The molecule has 0 aliphatic rings. The third kappa shape index (κ3) is 2.65. The minimum absolute atomic E-state index is 0.210. The predicted octanol–water partition coefficient (Wildman–Crippen LogP) is 2.62. The van der Waals surface area contributed by atoms with Gasteiger partial charge in [-0.25, -0.2) is 9.37 Å². The average Bonchev–Trinajstić information content (AvgIpc) is 2.41. The molecule has 0 saturated carbocycles. The van der Waals surface area contributed by atoms with E-state index < -0.39 is 0 Å². The lowest BCUT2D eigenvalue weighted by atomic mass is 10.1. The summed E-state index contributed by atoms with van der Waals surface area (Å²) in [4.78, 5) is 4.10. The number of methoxy groups -OCH3 is 1. The molecule has 0 atom stereocenters. The van der Waals surface area contributed by atoms with Crippen LogP contribution in [0.4, 0.5) is 4.39 Å². The zero-order chi connectivity index (χ0) is 13.0. The second kappa shape index (κ2) is 5.60. The largest absolute Gasteiger partial charge is 0.481 e. The van der Waals surface area contributed by atoms with E-state index in [0.717, 1.165) is 11.1 Å². The summed E-state index contributed by atoms with van der Waals surface area (Å²) in [6, 6.07) is 8.81. The van der Waals surface area contributed by atoms with Crippen molar-refractivity contribution in [1.82, 2.24) is 10.3 Å². The van der Waals surface area contributed by atoms with E-state index in [9.17, 15) is 4.39 Å². The number of ether oxygens (including phenoxy) is 1. The fourth-order valence-electron chi connectivity index (χ4n) is 1.73. The van der Waals surface area contributed by atoms with E-state index in [2.05, 4.69) is 10.3 Å². The van der Waals surface area contributed by atoms with Crippen molar-refractivity contribution in [3.8, 4) is 17.0 Å². The summed E-state index contributed by atoms with van der Waals surface area (Å²) < 4.78 is 18.8. The number of halogens is 1. The third-order valence-corrected chi connectivity index (χ3v) is 2.70. The van der Waals surface area contributed by atoms with Crippen molar-refractivity contribution in [2.45, 2.75) is 6.54 Å². The van der Waals surface area contributed by atoms with Crippen LogP contribution >= 0.6 is 0 Å². The SMILES string of the molecule is CNCc1ccc(-c2ccc(OC)nc2)cc1F. The summed E-state index contributed by atoms with van der Waals surface area (Å²) in [5, 5.41) is 2.93. The van der Waals surface area contributed by atoms with Crippen LogP contribution in [0.1, 0.15) is 5.56 Å². The van der Waals surface area contributed by atoms with Gasteiger partial charge in [0.15, 0.2) is 0 Å². The summed E-state index contributed by atoms with van der Waals surface area (Å²) in [6.45, 7) is 0.521. The number of nitrogens with zero attached hydrogens (tertiary/aromatic N) is 1. The van der Waals surface area contributed by atoms with Gasteiger partial charge in [0.1, 0.15) is 5.82 Å². The lowest BCUT2D eigenvalue weighted by Gasteiger charge is -2.06. The van der Waals surface area contributed by atoms with Crippen LogP contribution in [0.15, 0.2) is 36.5 Å². The first-order valence-electron chi connectivity index (χ1n) is 5.68. The highest BCUT2D eigenvalue weighted by Gasteiger charge is 2.05. The molecule has 1 aromatic heterocycles. The van der Waals surface area contributed by atoms with Gasteiger partial charge in [0.25, 0.3) is 0 Å². The van der Waals surface area contributed by atoms with E-state index in [4.69, 9.17) is 4.74 Å². The van der Waals surface area contributed by atoms with Crippen LogP contribution in [0.2, 0.25) is 0 Å². The third-order valence-electron chi connectivity index (χ3n) is 2.70. The van der Waals surface area contributed by atoms with E-state index in [1.807, 2.05) is 12.1 Å².